The third-order valence-electron chi connectivity index (χ3n) is 3.02. The van der Waals surface area contributed by atoms with E-state index in [0.29, 0.717) is 21.3 Å². The lowest BCUT2D eigenvalue weighted by atomic mass is 10.2. The van der Waals surface area contributed by atoms with Crippen LogP contribution < -0.4 is 10.6 Å². The lowest BCUT2D eigenvalue weighted by Crippen LogP contribution is -2.13. The van der Waals surface area contributed by atoms with Crippen molar-refractivity contribution in [1.82, 2.24) is 0 Å². The molecule has 3 rings (SSSR count). The van der Waals surface area contributed by atoms with Crippen molar-refractivity contribution in [3.63, 3.8) is 0 Å². The first kappa shape index (κ1) is 14.6. The lowest BCUT2D eigenvalue weighted by Gasteiger charge is -2.09. The number of fused-ring (bicyclic) bond motifs is 1. The van der Waals surface area contributed by atoms with Gasteiger partial charge in [0.05, 0.1) is 10.7 Å². The van der Waals surface area contributed by atoms with E-state index in [1.807, 2.05) is 24.3 Å². The Hall–Kier alpha value is -2.36. The number of hydrogen-bond acceptors (Lipinski definition) is 4. The third-order valence-corrected chi connectivity index (χ3v) is 4.41. The standard InChI is InChI=1S/C16H10FN3S2/c17-10-5-7-11(8-6-10)19-15(21)12(9-18)16-20-13-3-1-2-4-14(13)22-16/h1-8,20H,(H,19,21). The summed E-state index contributed by atoms with van der Waals surface area (Å²) in [7, 11) is 0. The molecule has 1 heterocycles. The summed E-state index contributed by atoms with van der Waals surface area (Å²) in [5.41, 5.74) is 1.96. The van der Waals surface area contributed by atoms with Crippen LogP contribution in [0.3, 0.4) is 0 Å². The summed E-state index contributed by atoms with van der Waals surface area (Å²) in [6, 6.07) is 15.7. The number of anilines is 2. The van der Waals surface area contributed by atoms with Crippen LogP contribution in [0.2, 0.25) is 0 Å². The highest BCUT2D eigenvalue weighted by molar-refractivity contribution is 8.03. The number of nitrogens with one attached hydrogen (secondary N) is 2. The molecule has 0 atom stereocenters. The number of para-hydroxylation sites is 1. The van der Waals surface area contributed by atoms with E-state index >= 15 is 0 Å². The fourth-order valence-corrected chi connectivity index (χ4v) is 3.30. The molecule has 2 aromatic carbocycles. The second-order valence-corrected chi connectivity index (χ2v) is 5.96. The molecule has 0 fully saturated rings. The van der Waals surface area contributed by atoms with Gasteiger partial charge in [-0.25, -0.2) is 4.39 Å². The van der Waals surface area contributed by atoms with E-state index in [4.69, 9.17) is 12.2 Å². The number of thiocarbonyl (C=S) groups is 1. The van der Waals surface area contributed by atoms with Gasteiger partial charge in [0.15, 0.2) is 0 Å². The number of nitriles is 1. The summed E-state index contributed by atoms with van der Waals surface area (Å²) in [4.78, 5) is 1.35. The number of thioether (sulfide) groups is 1. The predicted molar refractivity (Wildman–Crippen MR) is 91.2 cm³/mol. The first-order valence-electron chi connectivity index (χ1n) is 6.42. The van der Waals surface area contributed by atoms with Crippen molar-refractivity contribution in [1.29, 1.82) is 5.26 Å². The monoisotopic (exact) mass is 327 g/mol. The zero-order valence-corrected chi connectivity index (χ0v) is 12.9. The van der Waals surface area contributed by atoms with Crippen molar-refractivity contribution in [3.05, 3.63) is 65.0 Å². The highest BCUT2D eigenvalue weighted by Gasteiger charge is 2.21. The van der Waals surface area contributed by atoms with Crippen LogP contribution in [0.25, 0.3) is 0 Å². The van der Waals surface area contributed by atoms with E-state index in [1.165, 1.54) is 23.9 Å². The molecule has 2 aromatic rings. The molecule has 0 unspecified atom stereocenters. The van der Waals surface area contributed by atoms with E-state index < -0.39 is 0 Å². The molecular weight excluding hydrogens is 317 g/mol. The van der Waals surface area contributed by atoms with Crippen molar-refractivity contribution < 1.29 is 4.39 Å². The molecule has 0 radical (unpaired) electrons. The summed E-state index contributed by atoms with van der Waals surface area (Å²) < 4.78 is 12.9. The van der Waals surface area contributed by atoms with E-state index in [-0.39, 0.29) is 5.82 Å². The molecule has 2 N–H and O–H groups in total. The van der Waals surface area contributed by atoms with Gasteiger partial charge in [0.1, 0.15) is 22.4 Å². The van der Waals surface area contributed by atoms with Gasteiger partial charge in [-0.15, -0.1) is 0 Å². The highest BCUT2D eigenvalue weighted by Crippen LogP contribution is 2.42. The van der Waals surface area contributed by atoms with Crippen molar-refractivity contribution in [2.24, 2.45) is 0 Å². The van der Waals surface area contributed by atoms with Gasteiger partial charge in [-0.05, 0) is 36.4 Å². The second kappa shape index (κ2) is 6.18. The summed E-state index contributed by atoms with van der Waals surface area (Å²) in [6.45, 7) is 0. The molecule has 0 amide bonds. The van der Waals surface area contributed by atoms with Gasteiger partial charge in [-0.1, -0.05) is 36.1 Å². The molecule has 22 heavy (non-hydrogen) atoms. The van der Waals surface area contributed by atoms with Gasteiger partial charge in [-0.3, -0.25) is 0 Å². The molecule has 108 valence electrons. The van der Waals surface area contributed by atoms with Crippen LogP contribution in [0, 0.1) is 17.1 Å². The van der Waals surface area contributed by atoms with Crippen LogP contribution in [-0.2, 0) is 0 Å². The molecule has 3 nitrogen and oxygen atoms in total. The average molecular weight is 327 g/mol. The number of benzene rings is 2. The maximum Gasteiger partial charge on any atom is 0.124 e. The number of hydrogen-bond donors (Lipinski definition) is 2. The van der Waals surface area contributed by atoms with Crippen LogP contribution >= 0.6 is 24.0 Å². The molecule has 0 aliphatic carbocycles. The van der Waals surface area contributed by atoms with Crippen LogP contribution in [0.15, 0.2) is 64.0 Å². The molecule has 0 saturated heterocycles. The normalized spacial score (nSPS) is 14.5. The highest BCUT2D eigenvalue weighted by atomic mass is 32.2. The fourth-order valence-electron chi connectivity index (χ4n) is 1.96. The smallest absolute Gasteiger partial charge is 0.124 e. The van der Waals surface area contributed by atoms with Crippen molar-refractivity contribution in [2.75, 3.05) is 10.6 Å². The Kier molecular flexibility index (Phi) is 4.09. The van der Waals surface area contributed by atoms with E-state index in [1.54, 1.807) is 12.1 Å². The van der Waals surface area contributed by atoms with Crippen LogP contribution in [0.4, 0.5) is 15.8 Å². The van der Waals surface area contributed by atoms with Gasteiger partial charge >= 0.3 is 0 Å². The van der Waals surface area contributed by atoms with Gasteiger partial charge in [0.2, 0.25) is 0 Å². The minimum atomic E-state index is -0.321. The molecule has 6 heteroatoms. The van der Waals surface area contributed by atoms with Gasteiger partial charge in [0.25, 0.3) is 0 Å². The first-order chi connectivity index (χ1) is 10.7. The average Bonchev–Trinajstić information content (AvgIpc) is 2.94. The summed E-state index contributed by atoms with van der Waals surface area (Å²) in [5, 5.41) is 16.3. The molecular formula is C16H10FN3S2. The zero-order chi connectivity index (χ0) is 15.5. The Labute approximate surface area is 136 Å². The molecule has 0 saturated carbocycles. The fraction of sp³-hybridized carbons (Fsp3) is 0. The third kappa shape index (κ3) is 2.96. The molecule has 1 aliphatic rings. The largest absolute Gasteiger partial charge is 0.348 e. The predicted octanol–water partition coefficient (Wildman–Crippen LogP) is 4.52. The van der Waals surface area contributed by atoms with Crippen molar-refractivity contribution >= 4 is 40.3 Å². The van der Waals surface area contributed by atoms with Crippen molar-refractivity contribution in [3.8, 4) is 6.07 Å². The zero-order valence-electron chi connectivity index (χ0n) is 11.3. The Morgan fingerprint density at radius 1 is 1.18 bits per heavy atom. The SMILES string of the molecule is N#CC(C(=S)Nc1ccc(F)cc1)=C1Nc2ccccc2S1. The maximum absolute atomic E-state index is 12.9. The Balaban J connectivity index is 1.83. The number of halogens is 1. The quantitative estimate of drug-likeness (QED) is 0.482. The number of nitrogens with zero attached hydrogens (tertiary/aromatic N) is 1. The minimum absolute atomic E-state index is 0.303. The second-order valence-electron chi connectivity index (χ2n) is 4.50. The number of rotatable bonds is 2. The van der Waals surface area contributed by atoms with Crippen LogP contribution in [0.5, 0.6) is 0 Å². The van der Waals surface area contributed by atoms with Gasteiger partial charge in [0, 0.05) is 10.6 Å². The summed E-state index contributed by atoms with van der Waals surface area (Å²) >= 11 is 6.77. The van der Waals surface area contributed by atoms with Crippen molar-refractivity contribution in [2.45, 2.75) is 4.90 Å². The Morgan fingerprint density at radius 2 is 1.91 bits per heavy atom. The first-order valence-corrected chi connectivity index (χ1v) is 7.65. The van der Waals surface area contributed by atoms with Gasteiger partial charge < -0.3 is 10.6 Å². The molecule has 0 spiro atoms. The summed E-state index contributed by atoms with van der Waals surface area (Å²) in [5.74, 6) is -0.321. The molecule has 1 aliphatic heterocycles. The van der Waals surface area contributed by atoms with E-state index in [2.05, 4.69) is 16.7 Å². The summed E-state index contributed by atoms with van der Waals surface area (Å²) in [6.07, 6.45) is 0. The van der Waals surface area contributed by atoms with Crippen LogP contribution in [0.1, 0.15) is 0 Å². The Morgan fingerprint density at radius 3 is 2.59 bits per heavy atom. The molecule has 0 aromatic heterocycles. The topological polar surface area (TPSA) is 47.9 Å². The molecule has 0 bridgehead atoms. The minimum Gasteiger partial charge on any atom is -0.348 e. The maximum atomic E-state index is 12.9. The lowest BCUT2D eigenvalue weighted by molar-refractivity contribution is 0.628. The Bertz CT molecular complexity index is 780. The van der Waals surface area contributed by atoms with Gasteiger partial charge in [-0.2, -0.15) is 5.26 Å². The van der Waals surface area contributed by atoms with Crippen LogP contribution in [-0.4, -0.2) is 4.99 Å². The van der Waals surface area contributed by atoms with E-state index in [0.717, 1.165) is 10.6 Å². The van der Waals surface area contributed by atoms with E-state index in [9.17, 15) is 9.65 Å².